The second-order valence-corrected chi connectivity index (χ2v) is 6.22. The van der Waals surface area contributed by atoms with Crippen molar-refractivity contribution < 1.29 is 9.53 Å². The third-order valence-corrected chi connectivity index (χ3v) is 3.76. The summed E-state index contributed by atoms with van der Waals surface area (Å²) in [6.07, 6.45) is 4.03. The third-order valence-electron chi connectivity index (χ3n) is 3.76. The number of piperidine rings is 1. The maximum atomic E-state index is 11.8. The van der Waals surface area contributed by atoms with Crippen LogP contribution in [0, 0.1) is 17.8 Å². The Morgan fingerprint density at radius 1 is 1.33 bits per heavy atom. The molecule has 0 spiro atoms. The Bertz CT molecular complexity index is 247. The summed E-state index contributed by atoms with van der Waals surface area (Å²) in [5.74, 6) is 1.61. The van der Waals surface area contributed by atoms with Gasteiger partial charge >= 0.3 is 5.97 Å². The minimum absolute atomic E-state index is 0.0266. The first-order valence-corrected chi connectivity index (χ1v) is 7.39. The molecule has 1 saturated heterocycles. The zero-order valence-corrected chi connectivity index (χ0v) is 12.4. The van der Waals surface area contributed by atoms with Crippen molar-refractivity contribution in [3.63, 3.8) is 0 Å². The highest BCUT2D eigenvalue weighted by molar-refractivity contribution is 5.69. The first-order chi connectivity index (χ1) is 8.49. The van der Waals surface area contributed by atoms with Gasteiger partial charge in [0.05, 0.1) is 6.10 Å². The lowest BCUT2D eigenvalue weighted by molar-refractivity contribution is -0.150. The zero-order chi connectivity index (χ0) is 13.5. The third kappa shape index (κ3) is 5.85. The van der Waals surface area contributed by atoms with Crippen molar-refractivity contribution in [1.82, 2.24) is 5.32 Å². The van der Waals surface area contributed by atoms with E-state index < -0.39 is 0 Å². The molecule has 106 valence electrons. The summed E-state index contributed by atoms with van der Waals surface area (Å²) in [5, 5.41) is 3.40. The van der Waals surface area contributed by atoms with E-state index in [1.54, 1.807) is 0 Å². The van der Waals surface area contributed by atoms with E-state index in [9.17, 15) is 4.79 Å². The van der Waals surface area contributed by atoms with Gasteiger partial charge in [0.15, 0.2) is 0 Å². The minimum Gasteiger partial charge on any atom is -0.463 e. The average Bonchev–Trinajstić information content (AvgIpc) is 2.28. The minimum atomic E-state index is -0.0266. The van der Waals surface area contributed by atoms with Crippen molar-refractivity contribution >= 4 is 5.97 Å². The van der Waals surface area contributed by atoms with Gasteiger partial charge in [-0.3, -0.25) is 4.79 Å². The first-order valence-electron chi connectivity index (χ1n) is 7.39. The van der Waals surface area contributed by atoms with E-state index in [2.05, 4.69) is 26.1 Å². The normalized spacial score (nSPS) is 23.7. The van der Waals surface area contributed by atoms with Crippen LogP contribution < -0.4 is 5.32 Å². The van der Waals surface area contributed by atoms with E-state index in [1.807, 2.05) is 6.92 Å². The first kappa shape index (κ1) is 15.5. The van der Waals surface area contributed by atoms with Gasteiger partial charge in [0, 0.05) is 6.42 Å². The van der Waals surface area contributed by atoms with Gasteiger partial charge in [0.25, 0.3) is 0 Å². The molecule has 1 heterocycles. The van der Waals surface area contributed by atoms with E-state index in [1.165, 1.54) is 12.8 Å². The Kier molecular flexibility index (Phi) is 6.69. The van der Waals surface area contributed by atoms with E-state index in [4.69, 9.17) is 4.74 Å². The lowest BCUT2D eigenvalue weighted by atomic mass is 9.85. The van der Waals surface area contributed by atoms with Crippen molar-refractivity contribution in [2.45, 2.75) is 59.5 Å². The molecule has 0 radical (unpaired) electrons. The number of hydrogen-bond donors (Lipinski definition) is 1. The van der Waals surface area contributed by atoms with Gasteiger partial charge in [-0.15, -0.1) is 0 Å². The summed E-state index contributed by atoms with van der Waals surface area (Å²) in [7, 11) is 0. The predicted octanol–water partition coefficient (Wildman–Crippen LogP) is 2.99. The molecule has 1 rings (SSSR count). The van der Waals surface area contributed by atoms with Crippen LogP contribution in [0.25, 0.3) is 0 Å². The van der Waals surface area contributed by atoms with Crippen LogP contribution in [-0.2, 0) is 9.53 Å². The molecule has 0 aromatic carbocycles. The fourth-order valence-electron chi connectivity index (χ4n) is 2.78. The Morgan fingerprint density at radius 2 is 2.06 bits per heavy atom. The molecule has 0 saturated carbocycles. The molecule has 1 aliphatic rings. The number of carbonyl (C=O) groups is 1. The molecule has 18 heavy (non-hydrogen) atoms. The lowest BCUT2D eigenvalue weighted by Crippen LogP contribution is -2.34. The number of rotatable bonds is 6. The monoisotopic (exact) mass is 255 g/mol. The molecule has 1 fully saturated rings. The average molecular weight is 255 g/mol. The number of carbonyl (C=O) groups excluding carboxylic acids is 1. The maximum Gasteiger partial charge on any atom is 0.306 e. The van der Waals surface area contributed by atoms with Crippen LogP contribution in [0.4, 0.5) is 0 Å². The molecule has 1 aliphatic heterocycles. The highest BCUT2D eigenvalue weighted by Gasteiger charge is 2.23. The van der Waals surface area contributed by atoms with Crippen LogP contribution >= 0.6 is 0 Å². The van der Waals surface area contributed by atoms with Crippen LogP contribution in [-0.4, -0.2) is 25.2 Å². The predicted molar refractivity (Wildman–Crippen MR) is 74.4 cm³/mol. The smallest absolute Gasteiger partial charge is 0.306 e. The molecular formula is C15H29NO2. The van der Waals surface area contributed by atoms with Crippen molar-refractivity contribution in [2.75, 3.05) is 13.1 Å². The van der Waals surface area contributed by atoms with Crippen LogP contribution in [0.15, 0.2) is 0 Å². The SMILES string of the molecule is CC(C)CC(C)OC(=O)CC(C)C1CCCNC1. The summed E-state index contributed by atoms with van der Waals surface area (Å²) in [6, 6.07) is 0. The Morgan fingerprint density at radius 3 is 2.61 bits per heavy atom. The highest BCUT2D eigenvalue weighted by Crippen LogP contribution is 2.23. The van der Waals surface area contributed by atoms with E-state index in [-0.39, 0.29) is 12.1 Å². The van der Waals surface area contributed by atoms with E-state index in [0.29, 0.717) is 24.2 Å². The van der Waals surface area contributed by atoms with Crippen LogP contribution in [0.5, 0.6) is 0 Å². The van der Waals surface area contributed by atoms with Gasteiger partial charge < -0.3 is 10.1 Å². The number of esters is 1. The summed E-state index contributed by atoms with van der Waals surface area (Å²) >= 11 is 0. The Hall–Kier alpha value is -0.570. The van der Waals surface area contributed by atoms with E-state index >= 15 is 0 Å². The van der Waals surface area contributed by atoms with E-state index in [0.717, 1.165) is 19.5 Å². The van der Waals surface area contributed by atoms with Gasteiger partial charge in [-0.25, -0.2) is 0 Å². The molecule has 3 heteroatoms. The van der Waals surface area contributed by atoms with Gasteiger partial charge in [-0.05, 0) is 57.0 Å². The van der Waals surface area contributed by atoms with Crippen molar-refractivity contribution in [3.05, 3.63) is 0 Å². The molecule has 0 aromatic rings. The van der Waals surface area contributed by atoms with Crippen LogP contribution in [0.2, 0.25) is 0 Å². The zero-order valence-electron chi connectivity index (χ0n) is 12.4. The molecule has 0 aliphatic carbocycles. The highest BCUT2D eigenvalue weighted by atomic mass is 16.5. The quantitative estimate of drug-likeness (QED) is 0.742. The van der Waals surface area contributed by atoms with Gasteiger partial charge in [-0.1, -0.05) is 20.8 Å². The van der Waals surface area contributed by atoms with Crippen molar-refractivity contribution in [1.29, 1.82) is 0 Å². The molecule has 3 atom stereocenters. The Labute approximate surface area is 112 Å². The molecule has 3 unspecified atom stereocenters. The summed E-state index contributed by atoms with van der Waals surface area (Å²) in [4.78, 5) is 11.8. The fourth-order valence-corrected chi connectivity index (χ4v) is 2.78. The molecular weight excluding hydrogens is 226 g/mol. The summed E-state index contributed by atoms with van der Waals surface area (Å²) in [5.41, 5.74) is 0. The molecule has 0 aromatic heterocycles. The summed E-state index contributed by atoms with van der Waals surface area (Å²) in [6.45, 7) is 10.6. The fraction of sp³-hybridized carbons (Fsp3) is 0.933. The second-order valence-electron chi connectivity index (χ2n) is 6.22. The van der Waals surface area contributed by atoms with Crippen molar-refractivity contribution in [2.24, 2.45) is 17.8 Å². The molecule has 0 amide bonds. The summed E-state index contributed by atoms with van der Waals surface area (Å²) < 4.78 is 5.46. The number of hydrogen-bond acceptors (Lipinski definition) is 3. The number of nitrogens with one attached hydrogen (secondary N) is 1. The maximum absolute atomic E-state index is 11.8. The molecule has 1 N–H and O–H groups in total. The van der Waals surface area contributed by atoms with Gasteiger partial charge in [0.2, 0.25) is 0 Å². The molecule has 0 bridgehead atoms. The van der Waals surface area contributed by atoms with Gasteiger partial charge in [0.1, 0.15) is 0 Å². The number of ether oxygens (including phenoxy) is 1. The topological polar surface area (TPSA) is 38.3 Å². The standard InChI is InChI=1S/C15H29NO2/c1-11(2)8-13(4)18-15(17)9-12(3)14-6-5-7-16-10-14/h11-14,16H,5-10H2,1-4H3. The van der Waals surface area contributed by atoms with Gasteiger partial charge in [-0.2, -0.15) is 0 Å². The largest absolute Gasteiger partial charge is 0.463 e. The Balaban J connectivity index is 2.25. The van der Waals surface area contributed by atoms with Crippen LogP contribution in [0.1, 0.15) is 53.4 Å². The lowest BCUT2D eigenvalue weighted by Gasteiger charge is -2.28. The van der Waals surface area contributed by atoms with Crippen molar-refractivity contribution in [3.8, 4) is 0 Å². The second kappa shape index (κ2) is 7.78. The van der Waals surface area contributed by atoms with Crippen LogP contribution in [0.3, 0.4) is 0 Å². The molecule has 3 nitrogen and oxygen atoms in total.